The summed E-state index contributed by atoms with van der Waals surface area (Å²) in [4.78, 5) is 19.5. The van der Waals surface area contributed by atoms with Crippen LogP contribution in [0.5, 0.6) is 0 Å². The summed E-state index contributed by atoms with van der Waals surface area (Å²) in [7, 11) is 4.06. The third-order valence-electron chi connectivity index (χ3n) is 5.58. The summed E-state index contributed by atoms with van der Waals surface area (Å²) in [6, 6.07) is 12.9. The van der Waals surface area contributed by atoms with Gasteiger partial charge in [0.2, 0.25) is 5.91 Å². The van der Waals surface area contributed by atoms with Crippen LogP contribution in [0.4, 0.5) is 5.69 Å². The summed E-state index contributed by atoms with van der Waals surface area (Å²) in [5, 5.41) is 11.9. The highest BCUT2D eigenvalue weighted by Crippen LogP contribution is 2.36. The van der Waals surface area contributed by atoms with Crippen LogP contribution in [0.1, 0.15) is 36.2 Å². The first-order valence-electron chi connectivity index (χ1n) is 10.6. The van der Waals surface area contributed by atoms with Crippen molar-refractivity contribution in [3.63, 3.8) is 0 Å². The van der Waals surface area contributed by atoms with Crippen molar-refractivity contribution in [2.24, 2.45) is 10.9 Å². The molecule has 2 heterocycles. The van der Waals surface area contributed by atoms with E-state index in [1.54, 1.807) is 0 Å². The van der Waals surface area contributed by atoms with E-state index >= 15 is 0 Å². The predicted octanol–water partition coefficient (Wildman–Crippen LogP) is 4.12. The Hall–Kier alpha value is -1.65. The number of likely N-dealkylation sites (tertiary alicyclic amines) is 1. The number of carbonyl (C=O) groups is 1. The van der Waals surface area contributed by atoms with Gasteiger partial charge in [0.1, 0.15) is 0 Å². The van der Waals surface area contributed by atoms with Crippen molar-refractivity contribution in [1.29, 1.82) is 0 Å². The number of nitrogens with one attached hydrogen (secondary N) is 3. The number of nitrogens with zero attached hydrogens (tertiary/aromatic N) is 2. The molecule has 2 unspecified atom stereocenters. The SMILES string of the molecule is CN=C(NCCc1ccc(NC(C)=O)cc1)NCC1CCCN(C)C1c1cccs1.I. The quantitative estimate of drug-likeness (QED) is 0.273. The number of amides is 1. The van der Waals surface area contributed by atoms with Crippen LogP contribution in [0.25, 0.3) is 0 Å². The third-order valence-corrected chi connectivity index (χ3v) is 6.52. The minimum atomic E-state index is -0.0511. The number of benzene rings is 1. The van der Waals surface area contributed by atoms with E-state index in [1.165, 1.54) is 30.2 Å². The van der Waals surface area contributed by atoms with Gasteiger partial charge in [0.05, 0.1) is 0 Å². The molecule has 1 aliphatic rings. The lowest BCUT2D eigenvalue weighted by Crippen LogP contribution is -2.45. The number of hydrogen-bond donors (Lipinski definition) is 3. The number of guanidine groups is 1. The first-order chi connectivity index (χ1) is 14.6. The number of anilines is 1. The van der Waals surface area contributed by atoms with E-state index in [1.807, 2.05) is 42.6 Å². The van der Waals surface area contributed by atoms with E-state index in [0.717, 1.165) is 37.7 Å². The van der Waals surface area contributed by atoms with Crippen molar-refractivity contribution in [3.05, 3.63) is 52.2 Å². The van der Waals surface area contributed by atoms with Gasteiger partial charge < -0.3 is 16.0 Å². The lowest BCUT2D eigenvalue weighted by Gasteiger charge is -2.39. The number of thiophene rings is 1. The number of halogens is 1. The van der Waals surface area contributed by atoms with Gasteiger partial charge in [0, 0.05) is 43.7 Å². The lowest BCUT2D eigenvalue weighted by molar-refractivity contribution is -0.114. The zero-order valence-corrected chi connectivity index (χ0v) is 21.7. The van der Waals surface area contributed by atoms with E-state index in [4.69, 9.17) is 0 Å². The molecule has 170 valence electrons. The molecule has 3 N–H and O–H groups in total. The Kier molecular flexibility index (Phi) is 10.8. The van der Waals surface area contributed by atoms with Crippen molar-refractivity contribution < 1.29 is 4.79 Å². The van der Waals surface area contributed by atoms with Crippen LogP contribution in [0, 0.1) is 5.92 Å². The van der Waals surface area contributed by atoms with E-state index in [0.29, 0.717) is 12.0 Å². The second-order valence-electron chi connectivity index (χ2n) is 7.85. The van der Waals surface area contributed by atoms with Gasteiger partial charge in [-0.3, -0.25) is 14.7 Å². The predicted molar refractivity (Wildman–Crippen MR) is 142 cm³/mol. The molecule has 1 aliphatic heterocycles. The van der Waals surface area contributed by atoms with Gasteiger partial charge >= 0.3 is 0 Å². The van der Waals surface area contributed by atoms with Gasteiger partial charge in [-0.1, -0.05) is 18.2 Å². The standard InChI is InChI=1S/C23H33N5OS.HI/c1-17(29)27-20-10-8-18(9-11-20)12-13-25-23(24-2)26-16-19-6-4-14-28(3)22(19)21-7-5-15-30-21;/h5,7-11,15,19,22H,4,6,12-14,16H2,1-3H3,(H,27,29)(H2,24,25,26);1H. The molecule has 1 saturated heterocycles. The van der Waals surface area contributed by atoms with E-state index in [-0.39, 0.29) is 29.9 Å². The Morgan fingerprint density at radius 2 is 2.00 bits per heavy atom. The molecular formula is C23H34IN5OS. The molecule has 1 aromatic carbocycles. The van der Waals surface area contributed by atoms with Crippen LogP contribution in [-0.2, 0) is 11.2 Å². The van der Waals surface area contributed by atoms with Crippen molar-refractivity contribution in [2.75, 3.05) is 39.0 Å². The fraction of sp³-hybridized carbons (Fsp3) is 0.478. The van der Waals surface area contributed by atoms with Crippen LogP contribution >= 0.6 is 35.3 Å². The van der Waals surface area contributed by atoms with Gasteiger partial charge in [-0.25, -0.2) is 0 Å². The molecule has 0 saturated carbocycles. The van der Waals surface area contributed by atoms with Gasteiger partial charge in [0.25, 0.3) is 0 Å². The molecule has 2 aromatic rings. The molecule has 1 fully saturated rings. The van der Waals surface area contributed by atoms with E-state index < -0.39 is 0 Å². The molecule has 0 radical (unpaired) electrons. The van der Waals surface area contributed by atoms with Crippen LogP contribution in [0.15, 0.2) is 46.8 Å². The molecule has 1 amide bonds. The molecular weight excluding hydrogens is 521 g/mol. The first-order valence-corrected chi connectivity index (χ1v) is 11.5. The minimum absolute atomic E-state index is 0. The Labute approximate surface area is 206 Å². The summed E-state index contributed by atoms with van der Waals surface area (Å²) in [6.07, 6.45) is 3.37. The Bertz CT molecular complexity index is 825. The number of hydrogen-bond acceptors (Lipinski definition) is 4. The van der Waals surface area contributed by atoms with Crippen molar-refractivity contribution in [3.8, 4) is 0 Å². The highest BCUT2D eigenvalue weighted by Gasteiger charge is 2.31. The normalized spacial score (nSPS) is 19.4. The molecule has 2 atom stereocenters. The summed E-state index contributed by atoms with van der Waals surface area (Å²) < 4.78 is 0. The largest absolute Gasteiger partial charge is 0.356 e. The highest BCUT2D eigenvalue weighted by molar-refractivity contribution is 14.0. The lowest BCUT2D eigenvalue weighted by atomic mass is 9.88. The number of rotatable bonds is 7. The molecule has 8 heteroatoms. The Balaban J connectivity index is 0.00000341. The van der Waals surface area contributed by atoms with Crippen LogP contribution in [0.2, 0.25) is 0 Å². The van der Waals surface area contributed by atoms with Gasteiger partial charge in [0.15, 0.2) is 5.96 Å². The zero-order valence-electron chi connectivity index (χ0n) is 18.6. The fourth-order valence-corrected chi connectivity index (χ4v) is 5.10. The van der Waals surface area contributed by atoms with Crippen LogP contribution in [-0.4, -0.2) is 50.5 Å². The number of carbonyl (C=O) groups excluding carboxylic acids is 1. The zero-order chi connectivity index (χ0) is 21.3. The topological polar surface area (TPSA) is 68.8 Å². The molecule has 0 bridgehead atoms. The second kappa shape index (κ2) is 13.0. The summed E-state index contributed by atoms with van der Waals surface area (Å²) in [6.45, 7) is 4.40. The highest BCUT2D eigenvalue weighted by atomic mass is 127. The maximum Gasteiger partial charge on any atom is 0.221 e. The second-order valence-corrected chi connectivity index (χ2v) is 8.83. The van der Waals surface area contributed by atoms with Crippen LogP contribution in [0.3, 0.4) is 0 Å². The Morgan fingerprint density at radius 3 is 2.65 bits per heavy atom. The Morgan fingerprint density at radius 1 is 1.23 bits per heavy atom. The fourth-order valence-electron chi connectivity index (χ4n) is 4.11. The first kappa shape index (κ1) is 25.6. The summed E-state index contributed by atoms with van der Waals surface area (Å²) in [5.74, 6) is 1.37. The maximum absolute atomic E-state index is 11.1. The number of piperidine rings is 1. The average molecular weight is 556 g/mol. The molecule has 31 heavy (non-hydrogen) atoms. The van der Waals surface area contributed by atoms with Crippen molar-refractivity contribution in [2.45, 2.75) is 32.2 Å². The van der Waals surface area contributed by atoms with E-state index in [2.05, 4.69) is 50.4 Å². The number of aliphatic imine (C=N–C) groups is 1. The minimum Gasteiger partial charge on any atom is -0.356 e. The third kappa shape index (κ3) is 7.76. The van der Waals surface area contributed by atoms with Crippen LogP contribution < -0.4 is 16.0 Å². The van der Waals surface area contributed by atoms with Crippen molar-refractivity contribution >= 4 is 52.9 Å². The summed E-state index contributed by atoms with van der Waals surface area (Å²) >= 11 is 1.85. The molecule has 6 nitrogen and oxygen atoms in total. The maximum atomic E-state index is 11.1. The molecule has 0 spiro atoms. The van der Waals surface area contributed by atoms with Gasteiger partial charge in [-0.15, -0.1) is 35.3 Å². The summed E-state index contributed by atoms with van der Waals surface area (Å²) in [5.41, 5.74) is 2.05. The smallest absolute Gasteiger partial charge is 0.221 e. The molecule has 0 aliphatic carbocycles. The monoisotopic (exact) mass is 555 g/mol. The van der Waals surface area contributed by atoms with Gasteiger partial charge in [-0.05, 0) is 67.9 Å². The molecule has 3 rings (SSSR count). The van der Waals surface area contributed by atoms with Gasteiger partial charge in [-0.2, -0.15) is 0 Å². The average Bonchev–Trinajstić information content (AvgIpc) is 3.25. The van der Waals surface area contributed by atoms with E-state index in [9.17, 15) is 4.79 Å². The van der Waals surface area contributed by atoms with Crippen molar-refractivity contribution in [1.82, 2.24) is 15.5 Å². The molecule has 1 aromatic heterocycles.